The highest BCUT2D eigenvalue weighted by atomic mass is 79.9. The van der Waals surface area contributed by atoms with Gasteiger partial charge in [-0.15, -0.1) is 24.8 Å². The van der Waals surface area contributed by atoms with Crippen molar-refractivity contribution in [3.05, 3.63) is 28.5 Å². The molecule has 1 aliphatic heterocycles. The summed E-state index contributed by atoms with van der Waals surface area (Å²) >= 11 is 3.31. The number of carbonyl (C=O) groups excluding carboxylic acids is 1. The lowest BCUT2D eigenvalue weighted by atomic mass is 10.0. The molecule has 7 heteroatoms. The van der Waals surface area contributed by atoms with Crippen molar-refractivity contribution in [1.82, 2.24) is 15.6 Å². The van der Waals surface area contributed by atoms with Crippen LogP contribution in [0.2, 0.25) is 0 Å². The SMILES string of the molecule is CC1CC(NC(=O)c2cncc(Br)c2)CCN1.Cl.Cl. The van der Waals surface area contributed by atoms with Crippen LogP contribution < -0.4 is 10.6 Å². The quantitative estimate of drug-likeness (QED) is 0.841. The van der Waals surface area contributed by atoms with Gasteiger partial charge in [0.1, 0.15) is 0 Å². The number of halogens is 3. The fraction of sp³-hybridized carbons (Fsp3) is 0.500. The van der Waals surface area contributed by atoms with Gasteiger partial charge >= 0.3 is 0 Å². The Morgan fingerprint density at radius 2 is 2.21 bits per heavy atom. The topological polar surface area (TPSA) is 54.0 Å². The molecule has 1 aromatic rings. The van der Waals surface area contributed by atoms with Crippen LogP contribution in [0.1, 0.15) is 30.1 Å². The van der Waals surface area contributed by atoms with Crippen LogP contribution in [0.4, 0.5) is 0 Å². The summed E-state index contributed by atoms with van der Waals surface area (Å²) in [6.45, 7) is 3.10. The van der Waals surface area contributed by atoms with Crippen molar-refractivity contribution in [2.45, 2.75) is 31.8 Å². The van der Waals surface area contributed by atoms with E-state index in [9.17, 15) is 4.79 Å². The third kappa shape index (κ3) is 5.65. The minimum atomic E-state index is -0.0436. The Kier molecular flexibility index (Phi) is 8.57. The van der Waals surface area contributed by atoms with E-state index in [1.165, 1.54) is 0 Å². The van der Waals surface area contributed by atoms with E-state index in [0.717, 1.165) is 23.9 Å². The maximum absolute atomic E-state index is 12.0. The minimum Gasteiger partial charge on any atom is -0.349 e. The van der Waals surface area contributed by atoms with Crippen LogP contribution in [-0.2, 0) is 0 Å². The van der Waals surface area contributed by atoms with Crippen LogP contribution >= 0.6 is 40.7 Å². The molecular formula is C12H18BrCl2N3O. The Hall–Kier alpha value is -0.360. The molecule has 0 spiro atoms. The molecule has 2 N–H and O–H groups in total. The second kappa shape index (κ2) is 8.74. The summed E-state index contributed by atoms with van der Waals surface area (Å²) in [5.41, 5.74) is 0.602. The van der Waals surface area contributed by atoms with E-state index >= 15 is 0 Å². The van der Waals surface area contributed by atoms with Gasteiger partial charge < -0.3 is 10.6 Å². The van der Waals surface area contributed by atoms with Gasteiger partial charge in [-0.25, -0.2) is 0 Å². The number of pyridine rings is 1. The molecule has 2 unspecified atom stereocenters. The van der Waals surface area contributed by atoms with Crippen molar-refractivity contribution >= 4 is 46.7 Å². The van der Waals surface area contributed by atoms with Crippen molar-refractivity contribution < 1.29 is 4.79 Å². The lowest BCUT2D eigenvalue weighted by molar-refractivity contribution is 0.0925. The standard InChI is InChI=1S/C12H16BrN3O.2ClH/c1-8-4-11(2-3-15-8)16-12(17)9-5-10(13)7-14-6-9;;/h5-8,11,15H,2-4H2,1H3,(H,16,17);2*1H. The Morgan fingerprint density at radius 3 is 2.84 bits per heavy atom. The van der Waals surface area contributed by atoms with Gasteiger partial charge in [-0.1, -0.05) is 0 Å². The molecular weight excluding hydrogens is 353 g/mol. The number of piperidine rings is 1. The van der Waals surface area contributed by atoms with Crippen LogP contribution in [0, 0.1) is 0 Å². The molecule has 1 fully saturated rings. The summed E-state index contributed by atoms with van der Waals surface area (Å²) in [7, 11) is 0. The monoisotopic (exact) mass is 369 g/mol. The fourth-order valence-electron chi connectivity index (χ4n) is 2.07. The molecule has 1 aromatic heterocycles. The maximum atomic E-state index is 12.0. The lowest BCUT2D eigenvalue weighted by Crippen LogP contribution is -2.46. The van der Waals surface area contributed by atoms with Gasteiger partial charge in [-0.2, -0.15) is 0 Å². The van der Waals surface area contributed by atoms with Crippen molar-refractivity contribution in [1.29, 1.82) is 0 Å². The number of nitrogens with zero attached hydrogens (tertiary/aromatic N) is 1. The summed E-state index contributed by atoms with van der Waals surface area (Å²) in [5.74, 6) is -0.0436. The molecule has 1 saturated heterocycles. The Morgan fingerprint density at radius 1 is 1.47 bits per heavy atom. The smallest absolute Gasteiger partial charge is 0.253 e. The van der Waals surface area contributed by atoms with Crippen LogP contribution in [-0.4, -0.2) is 29.5 Å². The van der Waals surface area contributed by atoms with Gasteiger partial charge in [-0.05, 0) is 48.3 Å². The Bertz CT molecular complexity index is 420. The van der Waals surface area contributed by atoms with E-state index in [1.807, 2.05) is 0 Å². The van der Waals surface area contributed by atoms with E-state index in [4.69, 9.17) is 0 Å². The number of rotatable bonds is 2. The van der Waals surface area contributed by atoms with E-state index in [-0.39, 0.29) is 36.8 Å². The third-order valence-corrected chi connectivity index (χ3v) is 3.36. The van der Waals surface area contributed by atoms with Crippen molar-refractivity contribution in [3.8, 4) is 0 Å². The average molecular weight is 371 g/mol. The Balaban J connectivity index is 0.00000162. The second-order valence-corrected chi connectivity index (χ2v) is 5.36. The number of aromatic nitrogens is 1. The second-order valence-electron chi connectivity index (χ2n) is 4.44. The van der Waals surface area contributed by atoms with Crippen LogP contribution in [0.5, 0.6) is 0 Å². The van der Waals surface area contributed by atoms with E-state index in [2.05, 4.69) is 38.5 Å². The summed E-state index contributed by atoms with van der Waals surface area (Å²) in [6, 6.07) is 2.51. The Labute approximate surface area is 134 Å². The zero-order valence-electron chi connectivity index (χ0n) is 10.6. The molecule has 108 valence electrons. The molecule has 0 aliphatic carbocycles. The zero-order chi connectivity index (χ0) is 12.3. The lowest BCUT2D eigenvalue weighted by Gasteiger charge is -2.28. The highest BCUT2D eigenvalue weighted by Gasteiger charge is 2.20. The molecule has 19 heavy (non-hydrogen) atoms. The number of hydrogen-bond acceptors (Lipinski definition) is 3. The third-order valence-electron chi connectivity index (χ3n) is 2.93. The normalized spacial score (nSPS) is 21.8. The summed E-state index contributed by atoms with van der Waals surface area (Å²) < 4.78 is 0.823. The zero-order valence-corrected chi connectivity index (χ0v) is 13.8. The average Bonchev–Trinajstić information content (AvgIpc) is 2.29. The molecule has 1 amide bonds. The number of amides is 1. The maximum Gasteiger partial charge on any atom is 0.253 e. The summed E-state index contributed by atoms with van der Waals surface area (Å²) in [4.78, 5) is 16.0. The summed E-state index contributed by atoms with van der Waals surface area (Å²) in [6.07, 6.45) is 5.22. The first-order valence-corrected chi connectivity index (χ1v) is 6.59. The molecule has 0 aromatic carbocycles. The molecule has 0 bridgehead atoms. The molecule has 0 saturated carbocycles. The molecule has 2 rings (SSSR count). The van der Waals surface area contributed by atoms with Gasteiger partial charge in [0.15, 0.2) is 0 Å². The van der Waals surface area contributed by atoms with Gasteiger partial charge in [0, 0.05) is 29.0 Å². The number of carbonyl (C=O) groups is 1. The van der Waals surface area contributed by atoms with Gasteiger partial charge in [-0.3, -0.25) is 9.78 Å². The number of nitrogens with one attached hydrogen (secondary N) is 2. The van der Waals surface area contributed by atoms with Crippen LogP contribution in [0.15, 0.2) is 22.9 Å². The summed E-state index contributed by atoms with van der Waals surface area (Å²) in [5, 5.41) is 6.42. The van der Waals surface area contributed by atoms with E-state index in [0.29, 0.717) is 11.6 Å². The first kappa shape index (κ1) is 18.6. The predicted octanol–water partition coefficient (Wildman–Crippen LogP) is 2.56. The highest BCUT2D eigenvalue weighted by molar-refractivity contribution is 9.10. The predicted molar refractivity (Wildman–Crippen MR) is 84.4 cm³/mol. The molecule has 1 aliphatic rings. The van der Waals surface area contributed by atoms with Crippen LogP contribution in [0.3, 0.4) is 0 Å². The van der Waals surface area contributed by atoms with Crippen LogP contribution in [0.25, 0.3) is 0 Å². The molecule has 2 heterocycles. The van der Waals surface area contributed by atoms with Crippen molar-refractivity contribution in [2.75, 3.05) is 6.54 Å². The molecule has 4 nitrogen and oxygen atoms in total. The largest absolute Gasteiger partial charge is 0.349 e. The minimum absolute atomic E-state index is 0. The molecule has 0 radical (unpaired) electrons. The van der Waals surface area contributed by atoms with Gasteiger partial charge in [0.2, 0.25) is 0 Å². The van der Waals surface area contributed by atoms with Gasteiger partial charge in [0.05, 0.1) is 5.56 Å². The first-order valence-electron chi connectivity index (χ1n) is 5.80. The van der Waals surface area contributed by atoms with Gasteiger partial charge in [0.25, 0.3) is 5.91 Å². The number of hydrogen-bond donors (Lipinski definition) is 2. The highest BCUT2D eigenvalue weighted by Crippen LogP contribution is 2.12. The van der Waals surface area contributed by atoms with Crippen molar-refractivity contribution in [3.63, 3.8) is 0 Å². The fourth-order valence-corrected chi connectivity index (χ4v) is 2.43. The first-order chi connectivity index (χ1) is 8.15. The van der Waals surface area contributed by atoms with E-state index < -0.39 is 0 Å². The van der Waals surface area contributed by atoms with Crippen molar-refractivity contribution in [2.24, 2.45) is 0 Å². The molecule has 2 atom stereocenters. The van der Waals surface area contributed by atoms with E-state index in [1.54, 1.807) is 18.5 Å².